The average Bonchev–Trinajstić information content (AvgIpc) is 3.13. The van der Waals surface area contributed by atoms with Crippen LogP contribution in [0.3, 0.4) is 0 Å². The molecular weight excluding hydrogens is 695 g/mol. The number of nitrogens with one attached hydrogen (secondary N) is 1. The second-order valence-electron chi connectivity index (χ2n) is 12.1. The third-order valence-electron chi connectivity index (χ3n) is 8.17. The number of hydrogen-bond donors (Lipinski definition) is 1. The van der Waals surface area contributed by atoms with Crippen LogP contribution in [0.2, 0.25) is 0 Å². The minimum atomic E-state index is -4.53. The van der Waals surface area contributed by atoms with Crippen LogP contribution in [0.4, 0.5) is 18.9 Å². The summed E-state index contributed by atoms with van der Waals surface area (Å²) >= 11 is 0. The van der Waals surface area contributed by atoms with E-state index < -0.39 is 41.5 Å². The Bertz CT molecular complexity index is 2040. The number of carbonyl (C=O) groups is 5. The van der Waals surface area contributed by atoms with E-state index in [4.69, 9.17) is 14.2 Å². The molecule has 2 amide bonds. The van der Waals surface area contributed by atoms with Crippen molar-refractivity contribution in [3.05, 3.63) is 111 Å². The molecule has 0 aliphatic carbocycles. The van der Waals surface area contributed by atoms with E-state index in [0.717, 1.165) is 19.2 Å². The first-order valence-electron chi connectivity index (χ1n) is 16.4. The zero-order chi connectivity index (χ0) is 39.0. The van der Waals surface area contributed by atoms with Crippen LogP contribution in [0.25, 0.3) is 11.3 Å². The van der Waals surface area contributed by atoms with Crippen molar-refractivity contribution in [2.75, 3.05) is 33.6 Å². The van der Waals surface area contributed by atoms with Crippen LogP contribution in [0, 0.1) is 6.92 Å². The van der Waals surface area contributed by atoms with Crippen LogP contribution in [-0.4, -0.2) is 67.9 Å². The van der Waals surface area contributed by atoms with Crippen LogP contribution in [0.5, 0.6) is 5.75 Å². The fourth-order valence-corrected chi connectivity index (χ4v) is 5.41. The Labute approximate surface area is 304 Å². The number of halogens is 3. The van der Waals surface area contributed by atoms with Gasteiger partial charge in [-0.3, -0.25) is 19.4 Å². The highest BCUT2D eigenvalue weighted by Crippen LogP contribution is 2.32. The Kier molecular flexibility index (Phi) is 12.7. The summed E-state index contributed by atoms with van der Waals surface area (Å²) in [5.74, 6) is -3.16. The summed E-state index contributed by atoms with van der Waals surface area (Å²) < 4.78 is 54.7. The predicted molar refractivity (Wildman–Crippen MR) is 189 cm³/mol. The summed E-state index contributed by atoms with van der Waals surface area (Å²) in [6.07, 6.45) is -3.63. The van der Waals surface area contributed by atoms with Crippen molar-refractivity contribution in [1.82, 2.24) is 9.88 Å². The van der Waals surface area contributed by atoms with Crippen molar-refractivity contribution in [3.8, 4) is 17.0 Å². The first kappa shape index (κ1) is 39.7. The Morgan fingerprint density at radius 3 is 2.11 bits per heavy atom. The quantitative estimate of drug-likeness (QED) is 0.119. The molecule has 3 aromatic carbocycles. The molecule has 0 atom stereocenters. The summed E-state index contributed by atoms with van der Waals surface area (Å²) in [5.41, 5.74) is 1.72. The molecule has 53 heavy (non-hydrogen) atoms. The van der Waals surface area contributed by atoms with Gasteiger partial charge in [0.2, 0.25) is 0 Å². The van der Waals surface area contributed by atoms with Gasteiger partial charge in [-0.05, 0) is 85.8 Å². The summed E-state index contributed by atoms with van der Waals surface area (Å²) in [6, 6.07) is 15.0. The van der Waals surface area contributed by atoms with Crippen molar-refractivity contribution in [2.24, 2.45) is 0 Å². The van der Waals surface area contributed by atoms with Crippen molar-refractivity contribution in [1.29, 1.82) is 0 Å². The van der Waals surface area contributed by atoms with E-state index in [-0.39, 0.29) is 45.8 Å². The summed E-state index contributed by atoms with van der Waals surface area (Å²) in [5, 5.41) is 2.75. The normalized spacial score (nSPS) is 11.0. The van der Waals surface area contributed by atoms with E-state index >= 15 is 0 Å². The number of carbonyl (C=O) groups excluding carboxylic acids is 5. The minimum Gasteiger partial charge on any atom is -0.465 e. The van der Waals surface area contributed by atoms with Gasteiger partial charge in [0.05, 0.1) is 47.9 Å². The molecule has 0 fully saturated rings. The maximum Gasteiger partial charge on any atom is 0.416 e. The van der Waals surface area contributed by atoms with Gasteiger partial charge in [-0.2, -0.15) is 13.2 Å². The molecule has 1 N–H and O–H groups in total. The van der Waals surface area contributed by atoms with Gasteiger partial charge >= 0.3 is 24.1 Å². The van der Waals surface area contributed by atoms with Crippen molar-refractivity contribution >= 4 is 35.4 Å². The van der Waals surface area contributed by atoms with E-state index in [9.17, 15) is 37.1 Å². The number of aryl methyl sites for hydroxylation is 3. The molecule has 0 unspecified atom stereocenters. The molecule has 14 heteroatoms. The summed E-state index contributed by atoms with van der Waals surface area (Å²) in [6.45, 7) is 3.46. The van der Waals surface area contributed by atoms with E-state index in [0.29, 0.717) is 41.6 Å². The fraction of sp³-hybridized carbons (Fsp3) is 0.282. The van der Waals surface area contributed by atoms with Crippen LogP contribution in [-0.2, 0) is 33.3 Å². The number of ether oxygens (including phenoxy) is 3. The number of rotatable bonds is 12. The molecule has 0 bridgehead atoms. The molecule has 11 nitrogen and oxygen atoms in total. The number of methoxy groups -OCH3 is 2. The minimum absolute atomic E-state index is 0.0128. The Balaban J connectivity index is 1.53. The molecule has 0 radical (unpaired) electrons. The Hall–Kier alpha value is -6.05. The average molecular weight is 734 g/mol. The lowest BCUT2D eigenvalue weighted by Gasteiger charge is -2.17. The number of amides is 2. The second kappa shape index (κ2) is 17.0. The summed E-state index contributed by atoms with van der Waals surface area (Å²) in [4.78, 5) is 70.3. The SMILES string of the molecule is CCc1cc(C(=O)OC)cc(C(=O)OC)c1OC(=O)CCCc1ccc(NC(=O)c2ccc(C)nc2-c2ccc(C(F)(F)F)cc2)c(C(=O)N(C)C)c1. The lowest BCUT2D eigenvalue weighted by molar-refractivity contribution is -0.137. The molecule has 4 rings (SSSR count). The van der Waals surface area contributed by atoms with Crippen molar-refractivity contribution in [3.63, 3.8) is 0 Å². The van der Waals surface area contributed by atoms with Crippen LogP contribution in [0.1, 0.15) is 83.6 Å². The second-order valence-corrected chi connectivity index (χ2v) is 12.1. The third-order valence-corrected chi connectivity index (χ3v) is 8.17. The highest BCUT2D eigenvalue weighted by molar-refractivity contribution is 6.11. The van der Waals surface area contributed by atoms with Gasteiger partial charge in [0, 0.05) is 31.8 Å². The molecule has 1 aromatic heterocycles. The van der Waals surface area contributed by atoms with E-state index in [2.05, 4.69) is 10.3 Å². The smallest absolute Gasteiger partial charge is 0.416 e. The lowest BCUT2D eigenvalue weighted by atomic mass is 10.0. The van der Waals surface area contributed by atoms with Gasteiger partial charge in [0.25, 0.3) is 11.8 Å². The predicted octanol–water partition coefficient (Wildman–Crippen LogP) is 7.09. The number of aromatic nitrogens is 1. The number of anilines is 1. The molecule has 0 saturated carbocycles. The van der Waals surface area contributed by atoms with Gasteiger partial charge in [-0.1, -0.05) is 25.1 Å². The van der Waals surface area contributed by atoms with Crippen LogP contribution < -0.4 is 10.1 Å². The lowest BCUT2D eigenvalue weighted by Crippen LogP contribution is -2.24. The Morgan fingerprint density at radius 2 is 1.51 bits per heavy atom. The third kappa shape index (κ3) is 9.64. The summed E-state index contributed by atoms with van der Waals surface area (Å²) in [7, 11) is 5.47. The number of benzene rings is 3. The molecular formula is C39H38F3N3O8. The maximum atomic E-state index is 13.6. The van der Waals surface area contributed by atoms with Gasteiger partial charge in [0.1, 0.15) is 11.3 Å². The maximum absolute atomic E-state index is 13.6. The van der Waals surface area contributed by atoms with Gasteiger partial charge < -0.3 is 24.4 Å². The first-order valence-corrected chi connectivity index (χ1v) is 16.4. The highest BCUT2D eigenvalue weighted by atomic mass is 19.4. The number of esters is 3. The number of hydrogen-bond acceptors (Lipinski definition) is 9. The van der Waals surface area contributed by atoms with Crippen LogP contribution in [0.15, 0.2) is 66.7 Å². The van der Waals surface area contributed by atoms with Gasteiger partial charge in [0.15, 0.2) is 0 Å². The molecule has 1 heterocycles. The molecule has 278 valence electrons. The van der Waals surface area contributed by atoms with E-state index in [1.807, 2.05) is 0 Å². The van der Waals surface area contributed by atoms with E-state index in [1.54, 1.807) is 52.2 Å². The molecule has 0 saturated heterocycles. The molecule has 0 aliphatic heterocycles. The fourth-order valence-electron chi connectivity index (χ4n) is 5.41. The number of alkyl halides is 3. The van der Waals surface area contributed by atoms with Gasteiger partial charge in [-0.25, -0.2) is 9.59 Å². The molecule has 0 spiro atoms. The molecule has 4 aromatic rings. The van der Waals surface area contributed by atoms with E-state index in [1.165, 1.54) is 42.3 Å². The van der Waals surface area contributed by atoms with Crippen molar-refractivity contribution < 1.29 is 51.4 Å². The standard InChI is InChI=1S/C39H38F3N3O8/c1-7-24-20-26(37(49)51-5)21-30(38(50)52-6)34(24)53-32(46)10-8-9-23-12-18-31(29(19-23)36(48)45(3)4)44-35(47)28-17-11-22(2)43-33(28)25-13-15-27(16-14-25)39(40,41)42/h11-21H,7-10H2,1-6H3,(H,44,47). The van der Waals surface area contributed by atoms with Gasteiger partial charge in [-0.15, -0.1) is 0 Å². The largest absolute Gasteiger partial charge is 0.465 e. The van der Waals surface area contributed by atoms with Crippen LogP contribution >= 0.6 is 0 Å². The monoisotopic (exact) mass is 733 g/mol. The topological polar surface area (TPSA) is 141 Å². The zero-order valence-electron chi connectivity index (χ0n) is 30.0. The van der Waals surface area contributed by atoms with Crippen molar-refractivity contribution in [2.45, 2.75) is 45.7 Å². The zero-order valence-corrected chi connectivity index (χ0v) is 30.0. The number of pyridine rings is 1. The number of nitrogens with zero attached hydrogens (tertiary/aromatic N) is 2. The first-order chi connectivity index (χ1) is 25.1. The molecule has 0 aliphatic rings. The highest BCUT2D eigenvalue weighted by Gasteiger charge is 2.30. The Morgan fingerprint density at radius 1 is 0.830 bits per heavy atom.